The van der Waals surface area contributed by atoms with Gasteiger partial charge in [0.05, 0.1) is 42.3 Å². The van der Waals surface area contributed by atoms with Crippen LogP contribution in [0.3, 0.4) is 0 Å². The molecule has 0 aliphatic carbocycles. The molecule has 2 nitrogen and oxygen atoms in total. The minimum atomic E-state index is 0.979. The zero-order chi connectivity index (χ0) is 14.1. The SMILES string of the molecule is Cc1cc(C[N+](C)(C)C)c(C[N+](C)(C)C)cc1C. The van der Waals surface area contributed by atoms with Crippen molar-refractivity contribution in [2.75, 3.05) is 42.3 Å². The van der Waals surface area contributed by atoms with E-state index in [9.17, 15) is 0 Å². The third kappa shape index (κ3) is 4.79. The van der Waals surface area contributed by atoms with Crippen molar-refractivity contribution in [3.8, 4) is 0 Å². The highest BCUT2D eigenvalue weighted by Crippen LogP contribution is 2.21. The number of hydrogen-bond acceptors (Lipinski definition) is 0. The summed E-state index contributed by atoms with van der Waals surface area (Å²) >= 11 is 0. The van der Waals surface area contributed by atoms with E-state index in [0.29, 0.717) is 0 Å². The highest BCUT2D eigenvalue weighted by Gasteiger charge is 2.18. The van der Waals surface area contributed by atoms with E-state index in [1.165, 1.54) is 22.3 Å². The van der Waals surface area contributed by atoms with Crippen LogP contribution in [0, 0.1) is 13.8 Å². The largest absolute Gasteiger partial charge is 0.327 e. The summed E-state index contributed by atoms with van der Waals surface area (Å²) in [5.74, 6) is 0. The Morgan fingerprint density at radius 3 is 1.17 bits per heavy atom. The van der Waals surface area contributed by atoms with E-state index in [1.54, 1.807) is 0 Å². The molecule has 0 aromatic heterocycles. The number of aryl methyl sites for hydroxylation is 2. The maximum atomic E-state index is 2.38. The Kier molecular flexibility index (Phi) is 4.24. The van der Waals surface area contributed by atoms with Gasteiger partial charge in [-0.2, -0.15) is 0 Å². The van der Waals surface area contributed by atoms with Crippen molar-refractivity contribution >= 4 is 0 Å². The van der Waals surface area contributed by atoms with Crippen LogP contribution in [0.4, 0.5) is 0 Å². The summed E-state index contributed by atoms with van der Waals surface area (Å²) in [5, 5.41) is 0. The molecule has 0 spiro atoms. The topological polar surface area (TPSA) is 0 Å². The molecule has 0 aliphatic rings. The highest BCUT2D eigenvalue weighted by atomic mass is 15.3. The quantitative estimate of drug-likeness (QED) is 0.721. The van der Waals surface area contributed by atoms with Crippen molar-refractivity contribution in [3.05, 3.63) is 34.4 Å². The van der Waals surface area contributed by atoms with Gasteiger partial charge in [-0.25, -0.2) is 0 Å². The fourth-order valence-corrected chi connectivity index (χ4v) is 2.25. The fraction of sp³-hybridized carbons (Fsp3) is 0.625. The Morgan fingerprint density at radius 1 is 0.667 bits per heavy atom. The number of nitrogens with zero attached hydrogens (tertiary/aromatic N) is 2. The first kappa shape index (κ1) is 15.2. The molecular weight excluding hydrogens is 220 g/mol. The molecule has 0 heterocycles. The lowest BCUT2D eigenvalue weighted by molar-refractivity contribution is -0.887. The molecule has 1 aromatic rings. The minimum Gasteiger partial charge on any atom is -0.327 e. The molecule has 0 unspecified atom stereocenters. The highest BCUT2D eigenvalue weighted by molar-refractivity contribution is 5.36. The lowest BCUT2D eigenvalue weighted by atomic mass is 9.98. The molecule has 0 saturated carbocycles. The van der Waals surface area contributed by atoms with E-state index in [0.717, 1.165) is 22.1 Å². The third-order valence-electron chi connectivity index (χ3n) is 3.11. The predicted molar refractivity (Wildman–Crippen MR) is 79.4 cm³/mol. The van der Waals surface area contributed by atoms with Crippen LogP contribution >= 0.6 is 0 Å². The Labute approximate surface area is 113 Å². The second-order valence-corrected chi connectivity index (χ2v) is 7.60. The van der Waals surface area contributed by atoms with E-state index < -0.39 is 0 Å². The van der Waals surface area contributed by atoms with Crippen LogP contribution in [-0.2, 0) is 13.1 Å². The van der Waals surface area contributed by atoms with Crippen LogP contribution in [0.1, 0.15) is 22.3 Å². The molecule has 0 radical (unpaired) electrons. The first-order valence-corrected chi connectivity index (χ1v) is 6.68. The molecule has 1 aromatic carbocycles. The number of benzene rings is 1. The van der Waals surface area contributed by atoms with Crippen LogP contribution in [0.2, 0.25) is 0 Å². The Morgan fingerprint density at radius 2 is 0.944 bits per heavy atom. The van der Waals surface area contributed by atoms with E-state index in [1.807, 2.05) is 0 Å². The molecule has 0 atom stereocenters. The van der Waals surface area contributed by atoms with Crippen LogP contribution < -0.4 is 0 Å². The zero-order valence-corrected chi connectivity index (χ0v) is 13.5. The summed E-state index contributed by atoms with van der Waals surface area (Å²) in [4.78, 5) is 0. The molecule has 18 heavy (non-hydrogen) atoms. The maximum absolute atomic E-state index is 2.38. The monoisotopic (exact) mass is 250 g/mol. The summed E-state index contributed by atoms with van der Waals surface area (Å²) in [7, 11) is 13.5. The average Bonchev–Trinajstić information content (AvgIpc) is 2.08. The van der Waals surface area contributed by atoms with Crippen molar-refractivity contribution in [3.63, 3.8) is 0 Å². The summed E-state index contributed by atoms with van der Waals surface area (Å²) in [6.07, 6.45) is 0. The van der Waals surface area contributed by atoms with Crippen molar-refractivity contribution in [1.29, 1.82) is 0 Å². The van der Waals surface area contributed by atoms with E-state index in [4.69, 9.17) is 0 Å². The molecule has 0 aliphatic heterocycles. The van der Waals surface area contributed by atoms with Crippen molar-refractivity contribution in [2.24, 2.45) is 0 Å². The Bertz CT molecular complexity index is 379. The normalized spacial score (nSPS) is 12.9. The van der Waals surface area contributed by atoms with Crippen LogP contribution in [0.5, 0.6) is 0 Å². The predicted octanol–water partition coefficient (Wildman–Crippen LogP) is 2.72. The van der Waals surface area contributed by atoms with Gasteiger partial charge in [0, 0.05) is 11.1 Å². The molecule has 1 rings (SSSR count). The molecule has 0 fully saturated rings. The second-order valence-electron chi connectivity index (χ2n) is 7.60. The van der Waals surface area contributed by atoms with Gasteiger partial charge in [-0.1, -0.05) is 0 Å². The molecule has 0 N–H and O–H groups in total. The molecule has 102 valence electrons. The lowest BCUT2D eigenvalue weighted by Crippen LogP contribution is -2.36. The fourth-order valence-electron chi connectivity index (χ4n) is 2.25. The van der Waals surface area contributed by atoms with Crippen molar-refractivity contribution in [1.82, 2.24) is 0 Å². The van der Waals surface area contributed by atoms with Gasteiger partial charge in [0.15, 0.2) is 0 Å². The van der Waals surface area contributed by atoms with Gasteiger partial charge in [-0.3, -0.25) is 0 Å². The molecule has 2 heteroatoms. The minimum absolute atomic E-state index is 0.979. The van der Waals surface area contributed by atoms with Crippen LogP contribution in [0.15, 0.2) is 12.1 Å². The Balaban J connectivity index is 3.17. The first-order chi connectivity index (χ1) is 7.98. The van der Waals surface area contributed by atoms with Gasteiger partial charge in [0.1, 0.15) is 13.1 Å². The number of hydrogen-bond donors (Lipinski definition) is 0. The summed E-state index contributed by atoms with van der Waals surface area (Å²) in [5.41, 5.74) is 5.81. The Hall–Kier alpha value is -0.860. The van der Waals surface area contributed by atoms with E-state index >= 15 is 0 Å². The molecule has 0 bridgehead atoms. The van der Waals surface area contributed by atoms with Crippen molar-refractivity contribution in [2.45, 2.75) is 26.9 Å². The maximum Gasteiger partial charge on any atom is 0.104 e. The summed E-state index contributed by atoms with van der Waals surface area (Å²) in [6.45, 7) is 6.61. The average molecular weight is 250 g/mol. The van der Waals surface area contributed by atoms with Crippen LogP contribution in [-0.4, -0.2) is 51.3 Å². The third-order valence-corrected chi connectivity index (χ3v) is 3.11. The van der Waals surface area contributed by atoms with E-state index in [2.05, 4.69) is 68.3 Å². The second kappa shape index (κ2) is 5.02. The van der Waals surface area contributed by atoms with Gasteiger partial charge in [-0.05, 0) is 37.1 Å². The molecule has 0 saturated heterocycles. The standard InChI is InChI=1S/C16H30N2/c1-13-9-15(11-17(3,4)5)16(10-14(13)2)12-18(6,7)8/h9-10H,11-12H2,1-8H3/q+2. The summed E-state index contributed by atoms with van der Waals surface area (Å²) < 4.78 is 1.96. The number of rotatable bonds is 4. The molecule has 0 amide bonds. The van der Waals surface area contributed by atoms with Crippen LogP contribution in [0.25, 0.3) is 0 Å². The molecular formula is C16H30N2+2. The first-order valence-electron chi connectivity index (χ1n) is 6.68. The van der Waals surface area contributed by atoms with Gasteiger partial charge in [0.25, 0.3) is 0 Å². The van der Waals surface area contributed by atoms with Gasteiger partial charge < -0.3 is 8.97 Å². The van der Waals surface area contributed by atoms with Gasteiger partial charge in [-0.15, -0.1) is 0 Å². The van der Waals surface area contributed by atoms with E-state index in [-0.39, 0.29) is 0 Å². The van der Waals surface area contributed by atoms with Crippen molar-refractivity contribution < 1.29 is 8.97 Å². The smallest absolute Gasteiger partial charge is 0.104 e. The van der Waals surface area contributed by atoms with Gasteiger partial charge >= 0.3 is 0 Å². The number of quaternary nitrogens is 2. The summed E-state index contributed by atoms with van der Waals surface area (Å²) in [6, 6.07) is 4.76. The lowest BCUT2D eigenvalue weighted by Gasteiger charge is -2.29. The zero-order valence-electron chi connectivity index (χ0n) is 13.5. The van der Waals surface area contributed by atoms with Gasteiger partial charge in [0.2, 0.25) is 0 Å².